The van der Waals surface area contributed by atoms with Gasteiger partial charge in [-0.05, 0) is 42.8 Å². The lowest BCUT2D eigenvalue weighted by Gasteiger charge is -2.27. The van der Waals surface area contributed by atoms with E-state index in [0.717, 1.165) is 10.5 Å². The van der Waals surface area contributed by atoms with Gasteiger partial charge in [-0.1, -0.05) is 13.0 Å². The van der Waals surface area contributed by atoms with Crippen molar-refractivity contribution in [3.63, 3.8) is 0 Å². The van der Waals surface area contributed by atoms with E-state index in [1.54, 1.807) is 31.2 Å². The number of rotatable bonds is 6. The minimum absolute atomic E-state index is 0.0897. The Hall–Kier alpha value is -2.60. The number of benzene rings is 2. The second-order valence-corrected chi connectivity index (χ2v) is 11.5. The van der Waals surface area contributed by atoms with Gasteiger partial charge in [0.15, 0.2) is 0 Å². The number of nitrogens with zero attached hydrogens (tertiary/aromatic N) is 2. The number of morpholine rings is 1. The first-order chi connectivity index (χ1) is 16.7. The molecule has 35 heavy (non-hydrogen) atoms. The van der Waals surface area contributed by atoms with Gasteiger partial charge in [0.2, 0.25) is 21.8 Å². The van der Waals surface area contributed by atoms with Crippen LogP contribution < -0.4 is 15.0 Å². The van der Waals surface area contributed by atoms with E-state index in [1.165, 1.54) is 34.1 Å². The van der Waals surface area contributed by atoms with Crippen LogP contribution in [0.25, 0.3) is 0 Å². The summed E-state index contributed by atoms with van der Waals surface area (Å²) in [6, 6.07) is 10.2. The normalized spacial score (nSPS) is 19.1. The highest BCUT2D eigenvalue weighted by Crippen LogP contribution is 2.38. The summed E-state index contributed by atoms with van der Waals surface area (Å²) >= 11 is 1.48. The molecule has 2 aromatic carbocycles. The molecule has 0 spiro atoms. The van der Waals surface area contributed by atoms with Crippen molar-refractivity contribution in [2.45, 2.75) is 23.6 Å². The van der Waals surface area contributed by atoms with Crippen LogP contribution in [-0.2, 0) is 24.3 Å². The van der Waals surface area contributed by atoms with Crippen molar-refractivity contribution in [1.29, 1.82) is 0 Å². The van der Waals surface area contributed by atoms with Gasteiger partial charge in [-0.2, -0.15) is 4.31 Å². The van der Waals surface area contributed by atoms with Crippen molar-refractivity contribution in [2.24, 2.45) is 5.92 Å². The Morgan fingerprint density at radius 1 is 1.20 bits per heavy atom. The number of aryl methyl sites for hydroxylation is 1. The predicted octanol–water partition coefficient (Wildman–Crippen LogP) is 2.74. The minimum Gasteiger partial charge on any atom is -0.495 e. The molecule has 0 radical (unpaired) electrons. The number of amides is 2. The van der Waals surface area contributed by atoms with E-state index in [4.69, 9.17) is 9.47 Å². The van der Waals surface area contributed by atoms with Crippen LogP contribution in [-0.4, -0.2) is 70.2 Å². The fourth-order valence-electron chi connectivity index (χ4n) is 4.01. The lowest BCUT2D eigenvalue weighted by atomic mass is 10.1. The second-order valence-electron chi connectivity index (χ2n) is 8.53. The molecule has 1 N–H and O–H groups in total. The number of carbonyl (C=O) groups is 2. The van der Waals surface area contributed by atoms with Crippen LogP contribution in [0.3, 0.4) is 0 Å². The maximum absolute atomic E-state index is 13.3. The summed E-state index contributed by atoms with van der Waals surface area (Å²) in [6.07, 6.45) is 0. The largest absolute Gasteiger partial charge is 0.495 e. The number of nitrogens with one attached hydrogen (secondary N) is 1. The van der Waals surface area contributed by atoms with Gasteiger partial charge in [0.1, 0.15) is 12.3 Å². The maximum Gasteiger partial charge on any atom is 0.244 e. The minimum atomic E-state index is -3.76. The zero-order valence-electron chi connectivity index (χ0n) is 19.9. The van der Waals surface area contributed by atoms with Gasteiger partial charge in [0, 0.05) is 29.7 Å². The topological polar surface area (TPSA) is 105 Å². The molecule has 2 heterocycles. The Bertz CT molecular complexity index is 1230. The third-order valence-electron chi connectivity index (χ3n) is 5.94. The van der Waals surface area contributed by atoms with Gasteiger partial charge in [-0.15, -0.1) is 11.8 Å². The first kappa shape index (κ1) is 25.5. The molecule has 0 bridgehead atoms. The van der Waals surface area contributed by atoms with Crippen molar-refractivity contribution in [2.75, 3.05) is 55.9 Å². The Labute approximate surface area is 209 Å². The molecule has 2 amide bonds. The molecule has 2 aliphatic rings. The highest BCUT2D eigenvalue weighted by atomic mass is 32.2. The standard InChI is InChI=1S/C24H29N3O6S2/c1-16-4-6-21(32-3)19(12-16)25-23(28)14-27-20-13-18(35(30,31)26-8-10-33-11-9-26)5-7-22(20)34-15-17(2)24(27)29/h4-7,12-13,17H,8-11,14-15H2,1-3H3,(H,25,28)/t17-/m1/s1. The second kappa shape index (κ2) is 10.6. The molecule has 2 aliphatic heterocycles. The molecule has 1 fully saturated rings. The van der Waals surface area contributed by atoms with E-state index in [1.807, 2.05) is 13.0 Å². The van der Waals surface area contributed by atoms with Gasteiger partial charge in [-0.25, -0.2) is 8.42 Å². The highest BCUT2D eigenvalue weighted by molar-refractivity contribution is 7.99. The van der Waals surface area contributed by atoms with Gasteiger partial charge in [0.25, 0.3) is 0 Å². The Balaban J connectivity index is 1.65. The number of sulfonamides is 1. The number of thioether (sulfide) groups is 1. The molecular formula is C24H29N3O6S2. The average molecular weight is 520 g/mol. The maximum atomic E-state index is 13.3. The molecule has 0 aliphatic carbocycles. The van der Waals surface area contributed by atoms with E-state index in [0.29, 0.717) is 36.1 Å². The van der Waals surface area contributed by atoms with Crippen molar-refractivity contribution in [3.05, 3.63) is 42.0 Å². The lowest BCUT2D eigenvalue weighted by Crippen LogP contribution is -2.42. The van der Waals surface area contributed by atoms with Crippen LogP contribution >= 0.6 is 11.8 Å². The van der Waals surface area contributed by atoms with E-state index in [2.05, 4.69) is 5.32 Å². The Kier molecular flexibility index (Phi) is 7.70. The molecular weight excluding hydrogens is 490 g/mol. The number of anilines is 2. The lowest BCUT2D eigenvalue weighted by molar-refractivity contribution is -0.123. The summed E-state index contributed by atoms with van der Waals surface area (Å²) in [4.78, 5) is 28.6. The molecule has 11 heteroatoms. The van der Waals surface area contributed by atoms with E-state index < -0.39 is 15.9 Å². The van der Waals surface area contributed by atoms with Crippen molar-refractivity contribution in [3.8, 4) is 5.75 Å². The zero-order valence-corrected chi connectivity index (χ0v) is 21.6. The number of hydrogen-bond donors (Lipinski definition) is 1. The molecule has 1 saturated heterocycles. The molecule has 4 rings (SSSR count). The van der Waals surface area contributed by atoms with E-state index in [9.17, 15) is 18.0 Å². The number of ether oxygens (including phenoxy) is 2. The van der Waals surface area contributed by atoms with Gasteiger partial charge < -0.3 is 19.7 Å². The summed E-state index contributed by atoms with van der Waals surface area (Å²) in [5.74, 6) is 0.0604. The third kappa shape index (κ3) is 5.48. The van der Waals surface area contributed by atoms with Crippen LogP contribution in [0.15, 0.2) is 46.2 Å². The Morgan fingerprint density at radius 3 is 2.66 bits per heavy atom. The van der Waals surface area contributed by atoms with Gasteiger partial charge in [0.05, 0.1) is 36.6 Å². The van der Waals surface area contributed by atoms with E-state index in [-0.39, 0.29) is 36.4 Å². The van der Waals surface area contributed by atoms with Crippen molar-refractivity contribution >= 4 is 45.0 Å². The quantitative estimate of drug-likeness (QED) is 0.626. The number of methoxy groups -OCH3 is 1. The van der Waals surface area contributed by atoms with Gasteiger partial charge in [-0.3, -0.25) is 9.59 Å². The van der Waals surface area contributed by atoms with Crippen LogP contribution in [0.2, 0.25) is 0 Å². The summed E-state index contributed by atoms with van der Waals surface area (Å²) in [5, 5.41) is 2.83. The number of fused-ring (bicyclic) bond motifs is 1. The first-order valence-electron chi connectivity index (χ1n) is 11.3. The van der Waals surface area contributed by atoms with Crippen LogP contribution in [0, 0.1) is 12.8 Å². The Morgan fingerprint density at radius 2 is 1.94 bits per heavy atom. The van der Waals surface area contributed by atoms with Crippen LogP contribution in [0.5, 0.6) is 5.75 Å². The molecule has 2 aromatic rings. The highest BCUT2D eigenvalue weighted by Gasteiger charge is 2.33. The average Bonchev–Trinajstić information content (AvgIpc) is 2.96. The van der Waals surface area contributed by atoms with Crippen LogP contribution in [0.1, 0.15) is 12.5 Å². The predicted molar refractivity (Wildman–Crippen MR) is 135 cm³/mol. The summed E-state index contributed by atoms with van der Waals surface area (Å²) in [7, 11) is -2.25. The first-order valence-corrected chi connectivity index (χ1v) is 13.7. The molecule has 0 unspecified atom stereocenters. The summed E-state index contributed by atoms with van der Waals surface area (Å²) < 4.78 is 38.5. The monoisotopic (exact) mass is 519 g/mol. The third-order valence-corrected chi connectivity index (χ3v) is 9.15. The fourth-order valence-corrected chi connectivity index (χ4v) is 6.50. The fraction of sp³-hybridized carbons (Fsp3) is 0.417. The van der Waals surface area contributed by atoms with Gasteiger partial charge >= 0.3 is 0 Å². The SMILES string of the molecule is COc1ccc(C)cc1NC(=O)CN1C(=O)[C@H](C)CSc2ccc(S(=O)(=O)N3CCOCC3)cc21. The molecule has 1 atom stereocenters. The van der Waals surface area contributed by atoms with Crippen molar-refractivity contribution in [1.82, 2.24) is 4.31 Å². The van der Waals surface area contributed by atoms with Crippen molar-refractivity contribution < 1.29 is 27.5 Å². The van der Waals surface area contributed by atoms with Crippen LogP contribution in [0.4, 0.5) is 11.4 Å². The van der Waals surface area contributed by atoms with E-state index >= 15 is 0 Å². The molecule has 0 saturated carbocycles. The molecule has 9 nitrogen and oxygen atoms in total. The summed E-state index contributed by atoms with van der Waals surface area (Å²) in [6.45, 7) is 4.67. The molecule has 188 valence electrons. The number of carbonyl (C=O) groups excluding carboxylic acids is 2. The zero-order chi connectivity index (χ0) is 25.2. The summed E-state index contributed by atoms with van der Waals surface area (Å²) in [5.41, 5.74) is 1.87. The number of hydrogen-bond acceptors (Lipinski definition) is 7. The molecule has 0 aromatic heterocycles. The smallest absolute Gasteiger partial charge is 0.244 e.